The summed E-state index contributed by atoms with van der Waals surface area (Å²) in [4.78, 5) is 11.3. The lowest BCUT2D eigenvalue weighted by atomic mass is 10.0. The van der Waals surface area contributed by atoms with Crippen molar-refractivity contribution in [3.8, 4) is 11.1 Å². The van der Waals surface area contributed by atoms with Crippen LogP contribution in [0.5, 0.6) is 0 Å². The molecule has 0 bridgehead atoms. The van der Waals surface area contributed by atoms with Crippen molar-refractivity contribution >= 4 is 5.78 Å². The fourth-order valence-corrected chi connectivity index (χ4v) is 1.69. The zero-order chi connectivity index (χ0) is 13.1. The molecule has 0 spiro atoms. The van der Waals surface area contributed by atoms with Crippen LogP contribution in [0.15, 0.2) is 42.5 Å². The average Bonchev–Trinajstić information content (AvgIpc) is 2.37. The zero-order valence-electron chi connectivity index (χ0n) is 9.49. The molecule has 2 N–H and O–H groups in total. The first-order chi connectivity index (χ1) is 8.60. The smallest absolute Gasteiger partial charge is 0.176 e. The molecule has 2 nitrogen and oxygen atoms in total. The van der Waals surface area contributed by atoms with Crippen LogP contribution in [0.25, 0.3) is 11.1 Å². The summed E-state index contributed by atoms with van der Waals surface area (Å²) in [6, 6.07) is 9.75. The number of halogens is 2. The van der Waals surface area contributed by atoms with Gasteiger partial charge in [-0.25, -0.2) is 8.78 Å². The number of hydrogen-bond donors (Lipinski definition) is 1. The normalized spacial score (nSPS) is 10.4. The Kier molecular flexibility index (Phi) is 3.48. The Labute approximate surface area is 103 Å². The molecule has 2 aromatic rings. The highest BCUT2D eigenvalue weighted by Gasteiger charge is 2.06. The summed E-state index contributed by atoms with van der Waals surface area (Å²) in [5.41, 5.74) is 6.80. The van der Waals surface area contributed by atoms with Crippen molar-refractivity contribution < 1.29 is 13.6 Å². The molecule has 0 unspecified atom stereocenters. The molecule has 2 aromatic carbocycles. The van der Waals surface area contributed by atoms with E-state index in [2.05, 4.69) is 0 Å². The van der Waals surface area contributed by atoms with Crippen LogP contribution in [-0.4, -0.2) is 12.3 Å². The molecule has 0 aromatic heterocycles. The topological polar surface area (TPSA) is 43.1 Å². The van der Waals surface area contributed by atoms with Crippen LogP contribution < -0.4 is 5.73 Å². The lowest BCUT2D eigenvalue weighted by Crippen LogP contribution is -2.13. The molecule has 2 rings (SSSR count). The summed E-state index contributed by atoms with van der Waals surface area (Å²) in [7, 11) is 0. The second kappa shape index (κ2) is 5.06. The second-order valence-corrected chi connectivity index (χ2v) is 3.86. The minimum Gasteiger partial charge on any atom is -0.324 e. The van der Waals surface area contributed by atoms with E-state index in [1.54, 1.807) is 24.3 Å². The molecule has 0 saturated carbocycles. The van der Waals surface area contributed by atoms with E-state index in [0.717, 1.165) is 6.07 Å². The first-order valence-electron chi connectivity index (χ1n) is 5.40. The van der Waals surface area contributed by atoms with Crippen molar-refractivity contribution in [2.75, 3.05) is 6.54 Å². The van der Waals surface area contributed by atoms with Gasteiger partial charge >= 0.3 is 0 Å². The van der Waals surface area contributed by atoms with Crippen LogP contribution in [0.4, 0.5) is 8.78 Å². The van der Waals surface area contributed by atoms with Gasteiger partial charge in [0.25, 0.3) is 0 Å². The first kappa shape index (κ1) is 12.4. The molecule has 0 aliphatic carbocycles. The van der Waals surface area contributed by atoms with Crippen molar-refractivity contribution in [1.82, 2.24) is 0 Å². The highest BCUT2D eigenvalue weighted by molar-refractivity contribution is 5.97. The lowest BCUT2D eigenvalue weighted by Gasteiger charge is -2.04. The Morgan fingerprint density at radius 2 is 1.50 bits per heavy atom. The van der Waals surface area contributed by atoms with Crippen LogP contribution in [0.1, 0.15) is 10.4 Å². The van der Waals surface area contributed by atoms with E-state index < -0.39 is 11.6 Å². The second-order valence-electron chi connectivity index (χ2n) is 3.86. The van der Waals surface area contributed by atoms with E-state index in [1.165, 1.54) is 12.1 Å². The molecule has 0 saturated heterocycles. The number of benzene rings is 2. The molecule has 0 fully saturated rings. The maximum Gasteiger partial charge on any atom is 0.176 e. The minimum atomic E-state index is -0.632. The van der Waals surface area contributed by atoms with E-state index >= 15 is 0 Å². The maximum atomic E-state index is 13.1. The number of nitrogens with two attached hydrogens (primary N) is 1. The molecule has 0 radical (unpaired) electrons. The number of ketones is 1. The Hall–Kier alpha value is -2.07. The SMILES string of the molecule is NCC(=O)c1ccc(-c2cc(F)cc(F)c2)cc1. The van der Waals surface area contributed by atoms with Crippen LogP contribution in [0.2, 0.25) is 0 Å². The molecule has 0 atom stereocenters. The highest BCUT2D eigenvalue weighted by Crippen LogP contribution is 2.22. The molecule has 18 heavy (non-hydrogen) atoms. The minimum absolute atomic E-state index is 0.0616. The predicted octanol–water partition coefficient (Wildman–Crippen LogP) is 2.77. The summed E-state index contributed by atoms with van der Waals surface area (Å²) >= 11 is 0. The summed E-state index contributed by atoms with van der Waals surface area (Å²) in [5.74, 6) is -1.44. The Balaban J connectivity index is 2.37. The van der Waals surface area contributed by atoms with Gasteiger partial charge in [0.05, 0.1) is 6.54 Å². The van der Waals surface area contributed by atoms with Crippen molar-refractivity contribution in [2.45, 2.75) is 0 Å². The molecular weight excluding hydrogens is 236 g/mol. The number of Topliss-reactive ketones (excluding diaryl/α,β-unsaturated/α-hetero) is 1. The van der Waals surface area contributed by atoms with E-state index in [9.17, 15) is 13.6 Å². The highest BCUT2D eigenvalue weighted by atomic mass is 19.1. The van der Waals surface area contributed by atoms with Gasteiger partial charge in [-0.2, -0.15) is 0 Å². The molecule has 0 aliphatic rings. The molecule has 4 heteroatoms. The van der Waals surface area contributed by atoms with Crippen molar-refractivity contribution in [2.24, 2.45) is 5.73 Å². The Morgan fingerprint density at radius 3 is 2.00 bits per heavy atom. The van der Waals surface area contributed by atoms with Gasteiger partial charge in [-0.05, 0) is 23.3 Å². The maximum absolute atomic E-state index is 13.1. The van der Waals surface area contributed by atoms with Gasteiger partial charge in [0.1, 0.15) is 11.6 Å². The van der Waals surface area contributed by atoms with E-state index in [-0.39, 0.29) is 12.3 Å². The summed E-state index contributed by atoms with van der Waals surface area (Å²) in [6.45, 7) is -0.0616. The summed E-state index contributed by atoms with van der Waals surface area (Å²) in [6.07, 6.45) is 0. The number of rotatable bonds is 3. The van der Waals surface area contributed by atoms with Crippen molar-refractivity contribution in [3.05, 3.63) is 59.7 Å². The number of hydrogen-bond acceptors (Lipinski definition) is 2. The average molecular weight is 247 g/mol. The van der Waals surface area contributed by atoms with Gasteiger partial charge in [-0.1, -0.05) is 24.3 Å². The van der Waals surface area contributed by atoms with Gasteiger partial charge in [-0.15, -0.1) is 0 Å². The van der Waals surface area contributed by atoms with Gasteiger partial charge in [-0.3, -0.25) is 4.79 Å². The molecule has 0 amide bonds. The number of carbonyl (C=O) groups excluding carboxylic acids is 1. The first-order valence-corrected chi connectivity index (χ1v) is 5.40. The predicted molar refractivity (Wildman–Crippen MR) is 65.2 cm³/mol. The van der Waals surface area contributed by atoms with Gasteiger partial charge in [0.15, 0.2) is 5.78 Å². The molecular formula is C14H11F2NO. The third kappa shape index (κ3) is 2.60. The molecule has 0 heterocycles. The van der Waals surface area contributed by atoms with Crippen LogP contribution in [0.3, 0.4) is 0 Å². The van der Waals surface area contributed by atoms with E-state index in [4.69, 9.17) is 5.73 Å². The summed E-state index contributed by atoms with van der Waals surface area (Å²) in [5, 5.41) is 0. The van der Waals surface area contributed by atoms with Crippen LogP contribution in [0, 0.1) is 11.6 Å². The summed E-state index contributed by atoms with van der Waals surface area (Å²) < 4.78 is 26.1. The fraction of sp³-hybridized carbons (Fsp3) is 0.0714. The van der Waals surface area contributed by atoms with Crippen molar-refractivity contribution in [3.63, 3.8) is 0 Å². The molecule has 0 aliphatic heterocycles. The van der Waals surface area contributed by atoms with Crippen LogP contribution >= 0.6 is 0 Å². The van der Waals surface area contributed by atoms with E-state index in [1.807, 2.05) is 0 Å². The quantitative estimate of drug-likeness (QED) is 0.847. The molecule has 92 valence electrons. The Bertz CT molecular complexity index is 559. The zero-order valence-corrected chi connectivity index (χ0v) is 9.49. The van der Waals surface area contributed by atoms with Gasteiger partial charge in [0.2, 0.25) is 0 Å². The van der Waals surface area contributed by atoms with Gasteiger partial charge < -0.3 is 5.73 Å². The third-order valence-electron chi connectivity index (χ3n) is 2.59. The van der Waals surface area contributed by atoms with Gasteiger partial charge in [0, 0.05) is 11.6 Å². The van der Waals surface area contributed by atoms with Crippen LogP contribution in [-0.2, 0) is 0 Å². The largest absolute Gasteiger partial charge is 0.324 e. The monoisotopic (exact) mass is 247 g/mol. The number of carbonyl (C=O) groups is 1. The standard InChI is InChI=1S/C14H11F2NO/c15-12-5-11(6-13(16)7-12)9-1-3-10(4-2-9)14(18)8-17/h1-7H,8,17H2. The Morgan fingerprint density at radius 1 is 0.944 bits per heavy atom. The fourth-order valence-electron chi connectivity index (χ4n) is 1.69. The third-order valence-corrected chi connectivity index (χ3v) is 2.59. The van der Waals surface area contributed by atoms with Crippen molar-refractivity contribution in [1.29, 1.82) is 0 Å². The van der Waals surface area contributed by atoms with E-state index in [0.29, 0.717) is 16.7 Å². The lowest BCUT2D eigenvalue weighted by molar-refractivity contribution is 0.100.